The Kier molecular flexibility index (Phi) is 4.65. The number of fused-ring (bicyclic) bond motifs is 1. The number of para-hydroxylation sites is 1. The number of benzene rings is 1. The predicted octanol–water partition coefficient (Wildman–Crippen LogP) is 2.48. The highest BCUT2D eigenvalue weighted by Crippen LogP contribution is 2.21. The number of rotatable bonds is 4. The molecule has 0 amide bonds. The zero-order valence-corrected chi connectivity index (χ0v) is 11.9. The molecule has 0 unspecified atom stereocenters. The van der Waals surface area contributed by atoms with Gasteiger partial charge in [-0.05, 0) is 31.3 Å². The molecule has 0 spiro atoms. The van der Waals surface area contributed by atoms with Crippen LogP contribution >= 0.6 is 12.2 Å². The number of nitrogens with one attached hydrogen (secondary N) is 2. The molecule has 0 fully saturated rings. The van der Waals surface area contributed by atoms with Gasteiger partial charge >= 0.3 is 0 Å². The first-order chi connectivity index (χ1) is 9.20. The summed E-state index contributed by atoms with van der Waals surface area (Å²) in [5.41, 5.74) is 2.83. The fraction of sp³-hybridized carbons (Fsp3) is 0.286. The van der Waals surface area contributed by atoms with E-state index in [9.17, 15) is 0 Å². The molecule has 4 nitrogen and oxygen atoms in total. The highest BCUT2D eigenvalue weighted by molar-refractivity contribution is 7.80. The Bertz CT molecular complexity index is 586. The van der Waals surface area contributed by atoms with Crippen LogP contribution in [0.15, 0.2) is 30.3 Å². The first-order valence-corrected chi connectivity index (χ1v) is 6.51. The van der Waals surface area contributed by atoms with Gasteiger partial charge in [0.1, 0.15) is 0 Å². The minimum atomic E-state index is 0.577. The summed E-state index contributed by atoms with van der Waals surface area (Å²) < 4.78 is 4.97. The lowest BCUT2D eigenvalue weighted by Crippen LogP contribution is -2.31. The number of pyridine rings is 1. The van der Waals surface area contributed by atoms with Gasteiger partial charge in [0.15, 0.2) is 5.11 Å². The van der Waals surface area contributed by atoms with Crippen LogP contribution in [0.5, 0.6) is 0 Å². The van der Waals surface area contributed by atoms with Gasteiger partial charge in [0.2, 0.25) is 0 Å². The molecular weight excluding hydrogens is 258 g/mol. The predicted molar refractivity (Wildman–Crippen MR) is 82.6 cm³/mol. The van der Waals surface area contributed by atoms with Crippen LogP contribution in [0, 0.1) is 6.92 Å². The van der Waals surface area contributed by atoms with E-state index >= 15 is 0 Å². The van der Waals surface area contributed by atoms with E-state index in [1.54, 1.807) is 7.11 Å². The standard InChI is InChI=1S/C14H17N3OS/c1-10-6-7-11-4-3-5-12(13(11)16-10)17-14(19)15-8-9-18-2/h3-7H,8-9H2,1-2H3,(H2,15,17,19). The number of hydrogen-bond acceptors (Lipinski definition) is 3. The summed E-state index contributed by atoms with van der Waals surface area (Å²) in [6.45, 7) is 3.28. The van der Waals surface area contributed by atoms with Gasteiger partial charge in [0, 0.05) is 24.7 Å². The summed E-state index contributed by atoms with van der Waals surface area (Å²) in [5, 5.41) is 7.92. The van der Waals surface area contributed by atoms with Gasteiger partial charge in [-0.1, -0.05) is 18.2 Å². The van der Waals surface area contributed by atoms with E-state index in [2.05, 4.69) is 21.7 Å². The lowest BCUT2D eigenvalue weighted by molar-refractivity contribution is 0.204. The van der Waals surface area contributed by atoms with Crippen LogP contribution in [0.2, 0.25) is 0 Å². The van der Waals surface area contributed by atoms with E-state index < -0.39 is 0 Å². The molecule has 2 aromatic rings. The Balaban J connectivity index is 2.16. The van der Waals surface area contributed by atoms with Crippen molar-refractivity contribution in [2.24, 2.45) is 0 Å². The number of thiocarbonyl (C=S) groups is 1. The van der Waals surface area contributed by atoms with E-state index in [1.165, 1.54) is 0 Å². The summed E-state index contributed by atoms with van der Waals surface area (Å²) in [6, 6.07) is 10.1. The van der Waals surface area contributed by atoms with Crippen molar-refractivity contribution in [2.75, 3.05) is 25.6 Å². The van der Waals surface area contributed by atoms with E-state index in [0.717, 1.165) is 22.3 Å². The molecule has 0 saturated heterocycles. The van der Waals surface area contributed by atoms with Crippen LogP contribution in [-0.4, -0.2) is 30.4 Å². The number of anilines is 1. The van der Waals surface area contributed by atoms with Gasteiger partial charge in [0.25, 0.3) is 0 Å². The summed E-state index contributed by atoms with van der Waals surface area (Å²) in [5.74, 6) is 0. The van der Waals surface area contributed by atoms with Gasteiger partial charge in [-0.25, -0.2) is 0 Å². The Morgan fingerprint density at radius 2 is 2.16 bits per heavy atom. The maximum atomic E-state index is 5.24. The number of nitrogens with zero attached hydrogens (tertiary/aromatic N) is 1. The molecule has 2 N–H and O–H groups in total. The maximum Gasteiger partial charge on any atom is 0.170 e. The minimum Gasteiger partial charge on any atom is -0.383 e. The third kappa shape index (κ3) is 3.62. The Morgan fingerprint density at radius 1 is 1.32 bits per heavy atom. The Morgan fingerprint density at radius 3 is 2.95 bits per heavy atom. The van der Waals surface area contributed by atoms with E-state index in [4.69, 9.17) is 17.0 Å². The van der Waals surface area contributed by atoms with Crippen molar-refractivity contribution in [3.63, 3.8) is 0 Å². The topological polar surface area (TPSA) is 46.2 Å². The number of aryl methyl sites for hydroxylation is 1. The largest absolute Gasteiger partial charge is 0.383 e. The molecule has 0 radical (unpaired) electrons. The summed E-state index contributed by atoms with van der Waals surface area (Å²) in [6.07, 6.45) is 0. The molecule has 0 aliphatic rings. The monoisotopic (exact) mass is 275 g/mol. The average Bonchev–Trinajstić information content (AvgIpc) is 2.40. The van der Waals surface area contributed by atoms with Gasteiger partial charge in [-0.2, -0.15) is 0 Å². The highest BCUT2D eigenvalue weighted by Gasteiger charge is 2.04. The SMILES string of the molecule is COCCNC(=S)Nc1cccc2ccc(C)nc12. The molecule has 19 heavy (non-hydrogen) atoms. The summed E-state index contributed by atoms with van der Waals surface area (Å²) in [4.78, 5) is 4.55. The first kappa shape index (κ1) is 13.7. The number of ether oxygens (including phenoxy) is 1. The van der Waals surface area contributed by atoms with Crippen molar-refractivity contribution in [2.45, 2.75) is 6.92 Å². The average molecular weight is 275 g/mol. The fourth-order valence-corrected chi connectivity index (χ4v) is 1.99. The van der Waals surface area contributed by atoms with Crippen LogP contribution in [-0.2, 0) is 4.74 Å². The van der Waals surface area contributed by atoms with Crippen molar-refractivity contribution < 1.29 is 4.74 Å². The lowest BCUT2D eigenvalue weighted by atomic mass is 10.2. The molecule has 1 heterocycles. The van der Waals surface area contributed by atoms with Crippen LogP contribution in [0.25, 0.3) is 10.9 Å². The van der Waals surface area contributed by atoms with Gasteiger partial charge in [-0.15, -0.1) is 0 Å². The molecule has 2 rings (SSSR count). The first-order valence-electron chi connectivity index (χ1n) is 6.11. The molecule has 0 aliphatic heterocycles. The second kappa shape index (κ2) is 6.45. The Labute approximate surface area is 118 Å². The van der Waals surface area contributed by atoms with Gasteiger partial charge in [-0.3, -0.25) is 4.98 Å². The molecular formula is C14H17N3OS. The van der Waals surface area contributed by atoms with Gasteiger partial charge in [0.05, 0.1) is 17.8 Å². The van der Waals surface area contributed by atoms with Crippen molar-refractivity contribution in [3.8, 4) is 0 Å². The zero-order chi connectivity index (χ0) is 13.7. The van der Waals surface area contributed by atoms with E-state index in [-0.39, 0.29) is 0 Å². The third-order valence-electron chi connectivity index (χ3n) is 2.70. The van der Waals surface area contributed by atoms with Crippen molar-refractivity contribution in [1.29, 1.82) is 0 Å². The van der Waals surface area contributed by atoms with Crippen LogP contribution in [0.3, 0.4) is 0 Å². The molecule has 0 bridgehead atoms. The van der Waals surface area contributed by atoms with Crippen LogP contribution in [0.4, 0.5) is 5.69 Å². The van der Waals surface area contributed by atoms with Gasteiger partial charge < -0.3 is 15.4 Å². The molecule has 0 saturated carbocycles. The zero-order valence-electron chi connectivity index (χ0n) is 11.1. The smallest absolute Gasteiger partial charge is 0.170 e. The van der Waals surface area contributed by atoms with E-state index in [1.807, 2.05) is 31.2 Å². The molecule has 100 valence electrons. The normalized spacial score (nSPS) is 10.4. The van der Waals surface area contributed by atoms with E-state index in [0.29, 0.717) is 18.3 Å². The Hall–Kier alpha value is -1.72. The fourth-order valence-electron chi connectivity index (χ4n) is 1.78. The van der Waals surface area contributed by atoms with Crippen molar-refractivity contribution in [3.05, 3.63) is 36.0 Å². The second-order valence-corrected chi connectivity index (χ2v) is 4.61. The molecule has 1 aromatic heterocycles. The molecule has 0 aliphatic carbocycles. The minimum absolute atomic E-state index is 0.577. The molecule has 5 heteroatoms. The number of hydrogen-bond donors (Lipinski definition) is 2. The summed E-state index contributed by atoms with van der Waals surface area (Å²) in [7, 11) is 1.66. The van der Waals surface area contributed by atoms with Crippen LogP contribution in [0.1, 0.15) is 5.69 Å². The highest BCUT2D eigenvalue weighted by atomic mass is 32.1. The second-order valence-electron chi connectivity index (χ2n) is 4.20. The number of aromatic nitrogens is 1. The van der Waals surface area contributed by atoms with Crippen molar-refractivity contribution >= 4 is 33.9 Å². The van der Waals surface area contributed by atoms with Crippen molar-refractivity contribution in [1.82, 2.24) is 10.3 Å². The third-order valence-corrected chi connectivity index (χ3v) is 2.95. The number of methoxy groups -OCH3 is 1. The van der Waals surface area contributed by atoms with Crippen LogP contribution < -0.4 is 10.6 Å². The summed E-state index contributed by atoms with van der Waals surface area (Å²) >= 11 is 5.24. The lowest BCUT2D eigenvalue weighted by Gasteiger charge is -2.12. The molecule has 0 atom stereocenters. The quantitative estimate of drug-likeness (QED) is 0.663. The molecule has 1 aromatic carbocycles. The maximum absolute atomic E-state index is 5.24.